The molecule has 0 N–H and O–H groups in total. The number of piperidine rings is 1. The van der Waals surface area contributed by atoms with E-state index in [0.29, 0.717) is 24.6 Å². The lowest BCUT2D eigenvalue weighted by Crippen LogP contribution is -2.47. The molecular formula is C20H25N3O4S. The molecule has 1 saturated heterocycles. The predicted octanol–water partition coefficient (Wildman–Crippen LogP) is 2.47. The molecule has 1 spiro atoms. The molecule has 1 aliphatic carbocycles. The normalized spacial score (nSPS) is 22.2. The van der Waals surface area contributed by atoms with Crippen LogP contribution in [0.4, 0.5) is 0 Å². The molecule has 1 aromatic carbocycles. The van der Waals surface area contributed by atoms with Crippen LogP contribution >= 0.6 is 0 Å². The maximum atomic E-state index is 13.5. The monoisotopic (exact) mass is 403 g/mol. The third kappa shape index (κ3) is 3.04. The topological polar surface area (TPSA) is 81.6 Å². The van der Waals surface area contributed by atoms with Crippen molar-refractivity contribution in [3.63, 3.8) is 0 Å². The van der Waals surface area contributed by atoms with Crippen molar-refractivity contribution in [2.75, 3.05) is 27.3 Å². The molecule has 150 valence electrons. The summed E-state index contributed by atoms with van der Waals surface area (Å²) in [6.07, 6.45) is 5.43. The van der Waals surface area contributed by atoms with Gasteiger partial charge in [-0.25, -0.2) is 18.4 Å². The van der Waals surface area contributed by atoms with E-state index in [0.717, 1.165) is 42.8 Å². The average molecular weight is 404 g/mol. The first-order valence-corrected chi connectivity index (χ1v) is 10.9. The quantitative estimate of drug-likeness (QED) is 0.780. The molecule has 8 heteroatoms. The summed E-state index contributed by atoms with van der Waals surface area (Å²) < 4.78 is 39.2. The highest BCUT2D eigenvalue weighted by molar-refractivity contribution is 7.89. The molecule has 0 radical (unpaired) electrons. The van der Waals surface area contributed by atoms with Crippen molar-refractivity contribution in [1.82, 2.24) is 14.3 Å². The van der Waals surface area contributed by atoms with E-state index in [1.165, 1.54) is 20.3 Å². The van der Waals surface area contributed by atoms with Crippen molar-refractivity contribution >= 4 is 10.0 Å². The van der Waals surface area contributed by atoms with Gasteiger partial charge in [0.2, 0.25) is 10.0 Å². The third-order valence-corrected chi connectivity index (χ3v) is 7.76. The molecule has 7 nitrogen and oxygen atoms in total. The highest BCUT2D eigenvalue weighted by Gasteiger charge is 2.46. The highest BCUT2D eigenvalue weighted by Crippen LogP contribution is 2.45. The van der Waals surface area contributed by atoms with Crippen molar-refractivity contribution < 1.29 is 17.9 Å². The highest BCUT2D eigenvalue weighted by atomic mass is 32.2. The Morgan fingerprint density at radius 2 is 2.00 bits per heavy atom. The lowest BCUT2D eigenvalue weighted by atomic mass is 9.78. The molecule has 0 saturated carbocycles. The molecule has 1 fully saturated rings. The minimum Gasteiger partial charge on any atom is -0.497 e. The van der Waals surface area contributed by atoms with Crippen LogP contribution in [0.15, 0.2) is 29.3 Å². The molecule has 1 unspecified atom stereocenters. The Balaban J connectivity index is 1.72. The summed E-state index contributed by atoms with van der Waals surface area (Å²) in [6.45, 7) is 2.80. The summed E-state index contributed by atoms with van der Waals surface area (Å²) in [6, 6.07) is 4.86. The van der Waals surface area contributed by atoms with Crippen LogP contribution < -0.4 is 9.47 Å². The molecule has 2 heterocycles. The van der Waals surface area contributed by atoms with Gasteiger partial charge in [-0.1, -0.05) is 0 Å². The second-order valence-corrected chi connectivity index (χ2v) is 9.44. The standard InChI is InChI=1S/C20H25N3O4S/c1-14-21-12-15-7-9-20(19(15)22-14)8-4-10-23(13-20)28(24,25)18-11-16(26-2)5-6-17(18)27-3/h5-6,11-12H,4,7-10,13H2,1-3H3. The Labute approximate surface area is 165 Å². The minimum atomic E-state index is -3.73. The molecule has 1 aromatic heterocycles. The van der Waals surface area contributed by atoms with E-state index in [9.17, 15) is 8.42 Å². The van der Waals surface area contributed by atoms with Gasteiger partial charge in [-0.2, -0.15) is 4.31 Å². The number of rotatable bonds is 4. The average Bonchev–Trinajstić information content (AvgIpc) is 3.04. The van der Waals surface area contributed by atoms with Gasteiger partial charge in [-0.15, -0.1) is 0 Å². The van der Waals surface area contributed by atoms with Crippen LogP contribution in [0, 0.1) is 6.92 Å². The van der Waals surface area contributed by atoms with Crippen molar-refractivity contribution in [3.05, 3.63) is 41.5 Å². The lowest BCUT2D eigenvalue weighted by molar-refractivity contribution is 0.218. The summed E-state index contributed by atoms with van der Waals surface area (Å²) in [5.41, 5.74) is 1.93. The lowest BCUT2D eigenvalue weighted by Gasteiger charge is -2.39. The minimum absolute atomic E-state index is 0.142. The molecule has 2 aromatic rings. The fraction of sp³-hybridized carbons (Fsp3) is 0.500. The van der Waals surface area contributed by atoms with E-state index >= 15 is 0 Å². The molecule has 1 atom stereocenters. The second-order valence-electron chi connectivity index (χ2n) is 7.53. The van der Waals surface area contributed by atoms with Gasteiger partial charge in [0.1, 0.15) is 22.2 Å². The van der Waals surface area contributed by atoms with Gasteiger partial charge in [0.25, 0.3) is 0 Å². The van der Waals surface area contributed by atoms with Gasteiger partial charge in [-0.05, 0) is 50.3 Å². The van der Waals surface area contributed by atoms with E-state index < -0.39 is 10.0 Å². The number of benzene rings is 1. The third-order valence-electron chi connectivity index (χ3n) is 5.89. The van der Waals surface area contributed by atoms with Crippen molar-refractivity contribution in [3.8, 4) is 11.5 Å². The fourth-order valence-electron chi connectivity index (χ4n) is 4.45. The summed E-state index contributed by atoms with van der Waals surface area (Å²) in [7, 11) is -0.732. The molecule has 1 aliphatic heterocycles. The molecule has 0 amide bonds. The Bertz CT molecular complexity index is 1000. The number of nitrogens with zero attached hydrogens (tertiary/aromatic N) is 3. The molecule has 0 bridgehead atoms. The first kappa shape index (κ1) is 19.1. The van der Waals surface area contributed by atoms with Crippen LogP contribution in [0.2, 0.25) is 0 Å². The van der Waals surface area contributed by atoms with Crippen molar-refractivity contribution in [2.24, 2.45) is 0 Å². The van der Waals surface area contributed by atoms with E-state index in [4.69, 9.17) is 14.5 Å². The fourth-order valence-corrected chi connectivity index (χ4v) is 6.18. The summed E-state index contributed by atoms with van der Waals surface area (Å²) >= 11 is 0. The predicted molar refractivity (Wildman–Crippen MR) is 104 cm³/mol. The summed E-state index contributed by atoms with van der Waals surface area (Å²) in [4.78, 5) is 9.16. The Kier molecular flexibility index (Phi) is 4.79. The molecule has 28 heavy (non-hydrogen) atoms. The Hall–Kier alpha value is -2.19. The van der Waals surface area contributed by atoms with E-state index in [1.807, 2.05) is 13.1 Å². The smallest absolute Gasteiger partial charge is 0.246 e. The first-order valence-electron chi connectivity index (χ1n) is 9.45. The number of aromatic nitrogens is 2. The zero-order chi connectivity index (χ0) is 19.9. The van der Waals surface area contributed by atoms with Gasteiger partial charge in [0.05, 0.1) is 19.9 Å². The maximum Gasteiger partial charge on any atom is 0.246 e. The Morgan fingerprint density at radius 1 is 1.18 bits per heavy atom. The van der Waals surface area contributed by atoms with Crippen LogP contribution in [0.5, 0.6) is 11.5 Å². The number of sulfonamides is 1. The van der Waals surface area contributed by atoms with E-state index in [1.54, 1.807) is 16.4 Å². The number of hydrogen-bond acceptors (Lipinski definition) is 6. The SMILES string of the molecule is COc1ccc(OC)c(S(=O)(=O)N2CCCC3(CCc4cnc(C)nc43)C2)c1. The van der Waals surface area contributed by atoms with Crippen LogP contribution in [0.25, 0.3) is 0 Å². The van der Waals surface area contributed by atoms with E-state index in [2.05, 4.69) is 4.98 Å². The van der Waals surface area contributed by atoms with E-state index in [-0.39, 0.29) is 10.3 Å². The van der Waals surface area contributed by atoms with Gasteiger partial charge >= 0.3 is 0 Å². The van der Waals surface area contributed by atoms with Gasteiger partial charge < -0.3 is 9.47 Å². The second kappa shape index (κ2) is 7.00. The molecule has 2 aliphatic rings. The van der Waals surface area contributed by atoms with Gasteiger partial charge in [-0.3, -0.25) is 0 Å². The van der Waals surface area contributed by atoms with Crippen LogP contribution in [0.3, 0.4) is 0 Å². The van der Waals surface area contributed by atoms with Crippen LogP contribution in [0.1, 0.15) is 36.3 Å². The number of hydrogen-bond donors (Lipinski definition) is 0. The number of aryl methyl sites for hydroxylation is 2. The first-order chi connectivity index (χ1) is 13.4. The largest absolute Gasteiger partial charge is 0.497 e. The van der Waals surface area contributed by atoms with Crippen LogP contribution in [-0.4, -0.2) is 50.0 Å². The number of ether oxygens (including phenoxy) is 2. The zero-order valence-corrected chi connectivity index (χ0v) is 17.3. The van der Waals surface area contributed by atoms with Crippen LogP contribution in [-0.2, 0) is 21.9 Å². The van der Waals surface area contributed by atoms with Crippen molar-refractivity contribution in [2.45, 2.75) is 42.9 Å². The van der Waals surface area contributed by atoms with Gasteiger partial charge in [0, 0.05) is 30.8 Å². The zero-order valence-electron chi connectivity index (χ0n) is 16.4. The Morgan fingerprint density at radius 3 is 2.75 bits per heavy atom. The van der Waals surface area contributed by atoms with Crippen molar-refractivity contribution in [1.29, 1.82) is 0 Å². The van der Waals surface area contributed by atoms with Gasteiger partial charge in [0.15, 0.2) is 0 Å². The summed E-state index contributed by atoms with van der Waals surface area (Å²) in [5, 5.41) is 0. The summed E-state index contributed by atoms with van der Waals surface area (Å²) in [5.74, 6) is 1.54. The molecule has 4 rings (SSSR count). The maximum absolute atomic E-state index is 13.5. The molecular weight excluding hydrogens is 378 g/mol. The number of methoxy groups -OCH3 is 2. The number of fused-ring (bicyclic) bond motifs is 2.